The van der Waals surface area contributed by atoms with Gasteiger partial charge in [-0.25, -0.2) is 4.79 Å². The molecule has 4 atom stereocenters. The zero-order valence-electron chi connectivity index (χ0n) is 15.8. The van der Waals surface area contributed by atoms with E-state index in [1.54, 1.807) is 0 Å². The molecule has 1 aliphatic heterocycles. The summed E-state index contributed by atoms with van der Waals surface area (Å²) in [6.07, 6.45) is -2.49. The molecule has 3 rings (SSSR count). The Labute approximate surface area is 169 Å². The summed E-state index contributed by atoms with van der Waals surface area (Å²) in [6, 6.07) is 1.01. The summed E-state index contributed by atoms with van der Waals surface area (Å²) in [5.41, 5.74) is 0.170. The lowest BCUT2D eigenvalue weighted by Crippen LogP contribution is -2.60. The van der Waals surface area contributed by atoms with Crippen molar-refractivity contribution in [3.05, 3.63) is 49.5 Å². The third kappa shape index (κ3) is 4.75. The van der Waals surface area contributed by atoms with Crippen molar-refractivity contribution in [3.63, 3.8) is 0 Å². The predicted molar refractivity (Wildman–Crippen MR) is 102 cm³/mol. The molecule has 1 amide bonds. The molecule has 0 unspecified atom stereocenters. The van der Waals surface area contributed by atoms with Gasteiger partial charge in [-0.15, -0.1) is 0 Å². The number of halogens is 1. The van der Waals surface area contributed by atoms with Gasteiger partial charge in [0.25, 0.3) is 5.56 Å². The average molecular weight is 428 g/mol. The van der Waals surface area contributed by atoms with Crippen molar-refractivity contribution in [2.75, 3.05) is 6.61 Å². The fraction of sp³-hybridized carbons (Fsp3) is 0.529. The van der Waals surface area contributed by atoms with E-state index >= 15 is 0 Å². The Morgan fingerprint density at radius 3 is 2.76 bits per heavy atom. The van der Waals surface area contributed by atoms with Gasteiger partial charge in [0.15, 0.2) is 0 Å². The van der Waals surface area contributed by atoms with E-state index < -0.39 is 41.5 Å². The molecule has 158 valence electrons. The van der Waals surface area contributed by atoms with E-state index in [1.807, 2.05) is 24.9 Å². The van der Waals surface area contributed by atoms with E-state index in [0.717, 1.165) is 22.2 Å². The van der Waals surface area contributed by atoms with Crippen LogP contribution in [0.3, 0.4) is 0 Å². The molecule has 0 bridgehead atoms. The summed E-state index contributed by atoms with van der Waals surface area (Å²) in [6.45, 7) is 3.40. The number of ether oxygens (including phenoxy) is 1. The van der Waals surface area contributed by atoms with Crippen LogP contribution in [0.2, 0.25) is 5.02 Å². The van der Waals surface area contributed by atoms with Crippen LogP contribution < -0.4 is 16.6 Å². The number of rotatable bonds is 5. The second-order valence-electron chi connectivity index (χ2n) is 7.00. The highest BCUT2D eigenvalue weighted by molar-refractivity contribution is 6.30. The largest absolute Gasteiger partial charge is 0.388 e. The predicted octanol–water partition coefficient (Wildman–Crippen LogP) is -1.69. The summed E-state index contributed by atoms with van der Waals surface area (Å²) < 4.78 is 8.15. The zero-order chi connectivity index (χ0) is 21.3. The fourth-order valence-corrected chi connectivity index (χ4v) is 3.37. The van der Waals surface area contributed by atoms with Gasteiger partial charge in [0.2, 0.25) is 5.91 Å². The quantitative estimate of drug-likeness (QED) is 0.444. The van der Waals surface area contributed by atoms with Gasteiger partial charge in [-0.05, 0) is 19.9 Å². The maximum atomic E-state index is 12.3. The first-order chi connectivity index (χ1) is 13.7. The minimum atomic E-state index is -1.37. The van der Waals surface area contributed by atoms with Crippen LogP contribution in [0.1, 0.15) is 11.4 Å². The van der Waals surface area contributed by atoms with E-state index in [1.165, 1.54) is 4.68 Å². The van der Waals surface area contributed by atoms with E-state index in [-0.39, 0.29) is 24.7 Å². The monoisotopic (exact) mass is 427 g/mol. The first-order valence-electron chi connectivity index (χ1n) is 8.93. The first kappa shape index (κ1) is 21.2. The summed E-state index contributed by atoms with van der Waals surface area (Å²) >= 11 is 5.72. The van der Waals surface area contributed by atoms with E-state index in [9.17, 15) is 24.6 Å². The number of hydrogen-bond donors (Lipinski definition) is 4. The number of nitrogens with zero attached hydrogens (tertiary/aromatic N) is 3. The lowest BCUT2D eigenvalue weighted by atomic mass is 9.98. The Hall–Kier alpha value is -2.47. The Morgan fingerprint density at radius 2 is 2.10 bits per heavy atom. The number of hydrogen-bond acceptors (Lipinski definition) is 7. The molecule has 0 aromatic carbocycles. The molecule has 3 heterocycles. The summed E-state index contributed by atoms with van der Waals surface area (Å²) in [5.74, 6) is -0.391. The maximum absolute atomic E-state index is 12.3. The van der Waals surface area contributed by atoms with Gasteiger partial charge in [-0.2, -0.15) is 5.10 Å². The van der Waals surface area contributed by atoms with Crippen molar-refractivity contribution in [2.45, 2.75) is 51.3 Å². The molecule has 11 nitrogen and oxygen atoms in total. The van der Waals surface area contributed by atoms with Crippen molar-refractivity contribution >= 4 is 17.5 Å². The lowest BCUT2D eigenvalue weighted by Gasteiger charge is -2.38. The highest BCUT2D eigenvalue weighted by Gasteiger charge is 2.39. The van der Waals surface area contributed by atoms with E-state index in [4.69, 9.17) is 16.3 Å². The van der Waals surface area contributed by atoms with Gasteiger partial charge < -0.3 is 20.3 Å². The highest BCUT2D eigenvalue weighted by atomic mass is 35.5. The highest BCUT2D eigenvalue weighted by Crippen LogP contribution is 2.17. The zero-order valence-corrected chi connectivity index (χ0v) is 16.6. The first-order valence-corrected chi connectivity index (χ1v) is 9.31. The molecule has 29 heavy (non-hydrogen) atoms. The second kappa shape index (κ2) is 8.49. The van der Waals surface area contributed by atoms with E-state index in [2.05, 4.69) is 10.4 Å². The Bertz CT molecular complexity index is 1010. The number of aliphatic hydroxyl groups excluding tert-OH is 2. The molecule has 1 saturated heterocycles. The van der Waals surface area contributed by atoms with Crippen molar-refractivity contribution in [1.82, 2.24) is 24.6 Å². The summed E-state index contributed by atoms with van der Waals surface area (Å²) in [7, 11) is 0. The molecule has 0 radical (unpaired) electrons. The van der Waals surface area contributed by atoms with Gasteiger partial charge in [0, 0.05) is 11.9 Å². The molecule has 1 aliphatic rings. The van der Waals surface area contributed by atoms with Crippen LogP contribution in [0.5, 0.6) is 0 Å². The Balaban J connectivity index is 1.62. The molecule has 2 aromatic rings. The summed E-state index contributed by atoms with van der Waals surface area (Å²) in [4.78, 5) is 37.5. The van der Waals surface area contributed by atoms with Gasteiger partial charge in [0.05, 0.1) is 24.9 Å². The van der Waals surface area contributed by atoms with Crippen LogP contribution in [-0.4, -0.2) is 66.4 Å². The van der Waals surface area contributed by atoms with Crippen LogP contribution in [0.4, 0.5) is 0 Å². The van der Waals surface area contributed by atoms with Crippen LogP contribution in [-0.2, 0) is 22.6 Å². The van der Waals surface area contributed by atoms with Crippen LogP contribution >= 0.6 is 11.6 Å². The Morgan fingerprint density at radius 1 is 1.38 bits per heavy atom. The third-order valence-electron chi connectivity index (χ3n) is 4.72. The van der Waals surface area contributed by atoms with Crippen molar-refractivity contribution in [1.29, 1.82) is 0 Å². The number of carbonyl (C=O) groups is 1. The number of H-pyrrole nitrogens is 1. The van der Waals surface area contributed by atoms with Crippen LogP contribution in [0.15, 0.2) is 21.9 Å². The standard InChI is InChI=1S/C17H22ClN5O6/c1-8-3-9(2)23(21-8)6-13(24)19-11-7-29-12(15(26)14(11)25)5-22-4-10(18)16(27)20-17(22)28/h3-4,11-12,14-15,25-26H,5-7H2,1-2H3,(H,19,24)(H,20,27,28)/t11-,12-,14+,15-/m1/s1. The topological polar surface area (TPSA) is 151 Å². The molecule has 1 fully saturated rings. The number of nitrogens with one attached hydrogen (secondary N) is 2. The van der Waals surface area contributed by atoms with Crippen molar-refractivity contribution in [2.24, 2.45) is 0 Å². The van der Waals surface area contributed by atoms with Crippen LogP contribution in [0, 0.1) is 13.8 Å². The average Bonchev–Trinajstić information content (AvgIpc) is 2.96. The number of carbonyl (C=O) groups excluding carboxylic acids is 1. The number of aryl methyl sites for hydroxylation is 2. The second-order valence-corrected chi connectivity index (χ2v) is 7.41. The van der Waals surface area contributed by atoms with Crippen LogP contribution in [0.25, 0.3) is 0 Å². The normalized spacial score (nSPS) is 24.4. The van der Waals surface area contributed by atoms with E-state index in [0.29, 0.717) is 0 Å². The van der Waals surface area contributed by atoms with Crippen molar-refractivity contribution < 1.29 is 19.7 Å². The number of aliphatic hydroxyl groups is 2. The maximum Gasteiger partial charge on any atom is 0.328 e. The smallest absolute Gasteiger partial charge is 0.328 e. The van der Waals surface area contributed by atoms with Gasteiger partial charge >= 0.3 is 5.69 Å². The molecule has 12 heteroatoms. The third-order valence-corrected chi connectivity index (χ3v) is 4.99. The molecular formula is C17H22ClN5O6. The number of aromatic amines is 1. The molecule has 0 spiro atoms. The minimum absolute atomic E-state index is 0.0340. The molecule has 0 saturated carbocycles. The lowest BCUT2D eigenvalue weighted by molar-refractivity contribution is -0.159. The number of aromatic nitrogens is 4. The molecule has 4 N–H and O–H groups in total. The number of amides is 1. The Kier molecular flexibility index (Phi) is 6.22. The molecular weight excluding hydrogens is 406 g/mol. The summed E-state index contributed by atoms with van der Waals surface area (Å²) in [5, 5.41) is 27.4. The van der Waals surface area contributed by atoms with Gasteiger partial charge in [-0.3, -0.25) is 23.8 Å². The van der Waals surface area contributed by atoms with Crippen molar-refractivity contribution in [3.8, 4) is 0 Å². The SMILES string of the molecule is Cc1cc(C)n(CC(=O)N[C@@H]2CO[C@H](Cn3cc(Cl)c(=O)[nH]c3=O)[C@@H](O)[C@H]2O)n1. The van der Waals surface area contributed by atoms with Gasteiger partial charge in [0.1, 0.15) is 29.9 Å². The molecule has 2 aromatic heterocycles. The van der Waals surface area contributed by atoms with Gasteiger partial charge in [-0.1, -0.05) is 11.6 Å². The fourth-order valence-electron chi connectivity index (χ4n) is 3.21. The molecule has 0 aliphatic carbocycles. The minimum Gasteiger partial charge on any atom is -0.388 e.